The van der Waals surface area contributed by atoms with Gasteiger partial charge in [-0.05, 0) is 6.07 Å². The molecule has 86 valence electrons. The number of nitrogens with two attached hydrogens (primary N) is 2. The van der Waals surface area contributed by atoms with Crippen LogP contribution in [0.1, 0.15) is 20.7 Å². The van der Waals surface area contributed by atoms with Gasteiger partial charge in [-0.3, -0.25) is 9.59 Å². The molecule has 1 aromatic heterocycles. The van der Waals surface area contributed by atoms with E-state index in [-0.39, 0.29) is 11.1 Å². The number of aromatic nitrogens is 1. The minimum absolute atomic E-state index is 0.116. The van der Waals surface area contributed by atoms with Crippen LogP contribution in [0, 0.1) is 0 Å². The highest BCUT2D eigenvalue weighted by Gasteiger charge is 2.19. The van der Waals surface area contributed by atoms with Crippen LogP contribution >= 0.6 is 11.3 Å². The molecule has 0 aliphatic rings. The molecule has 0 spiro atoms. The van der Waals surface area contributed by atoms with E-state index < -0.39 is 11.8 Å². The van der Waals surface area contributed by atoms with Crippen molar-refractivity contribution in [2.24, 2.45) is 11.5 Å². The molecule has 0 aliphatic carbocycles. The molecule has 17 heavy (non-hydrogen) atoms. The monoisotopic (exact) mass is 247 g/mol. The van der Waals surface area contributed by atoms with Crippen LogP contribution in [0.2, 0.25) is 0 Å². The minimum Gasteiger partial charge on any atom is -0.366 e. The second kappa shape index (κ2) is 4.34. The first-order valence-electron chi connectivity index (χ1n) is 4.73. The maximum absolute atomic E-state index is 11.4. The van der Waals surface area contributed by atoms with Gasteiger partial charge in [0.15, 0.2) is 0 Å². The molecule has 0 fully saturated rings. The van der Waals surface area contributed by atoms with Gasteiger partial charge in [0.25, 0.3) is 0 Å². The van der Waals surface area contributed by atoms with Crippen LogP contribution in [0.15, 0.2) is 29.8 Å². The molecule has 0 unspecified atom stereocenters. The Hall–Kier alpha value is -2.21. The van der Waals surface area contributed by atoms with Crippen molar-refractivity contribution in [3.8, 4) is 10.6 Å². The summed E-state index contributed by atoms with van der Waals surface area (Å²) < 4.78 is 0. The fourth-order valence-electron chi connectivity index (χ4n) is 1.56. The number of hydrogen-bond acceptors (Lipinski definition) is 4. The molecule has 1 aromatic carbocycles. The van der Waals surface area contributed by atoms with E-state index in [4.69, 9.17) is 11.5 Å². The molecular formula is C11H9N3O2S. The first kappa shape index (κ1) is 11.3. The number of carbonyl (C=O) groups is 2. The fraction of sp³-hybridized carbons (Fsp3) is 0. The van der Waals surface area contributed by atoms with Gasteiger partial charge in [-0.15, -0.1) is 11.3 Å². The largest absolute Gasteiger partial charge is 0.366 e. The predicted octanol–water partition coefficient (Wildman–Crippen LogP) is 1.01. The second-order valence-electron chi connectivity index (χ2n) is 3.29. The van der Waals surface area contributed by atoms with E-state index in [0.29, 0.717) is 10.6 Å². The molecule has 0 aliphatic heterocycles. The molecule has 0 bridgehead atoms. The smallest absolute Gasteiger partial charge is 0.250 e. The summed E-state index contributed by atoms with van der Waals surface area (Å²) in [4.78, 5) is 26.8. The van der Waals surface area contributed by atoms with Crippen molar-refractivity contribution >= 4 is 23.2 Å². The maximum atomic E-state index is 11.4. The molecule has 2 amide bonds. The standard InChI is InChI=1S/C11H9N3O2S/c12-9(15)6-2-1-3-7(8(6)10(13)16)11-14-4-5-17-11/h1-5H,(H2,12,15)(H2,13,16). The van der Waals surface area contributed by atoms with E-state index in [9.17, 15) is 9.59 Å². The van der Waals surface area contributed by atoms with E-state index >= 15 is 0 Å². The Labute approximate surface area is 101 Å². The molecule has 2 aromatic rings. The lowest BCUT2D eigenvalue weighted by atomic mass is 10.0. The van der Waals surface area contributed by atoms with Crippen molar-refractivity contribution in [1.82, 2.24) is 4.98 Å². The SMILES string of the molecule is NC(=O)c1cccc(-c2nccs2)c1C(N)=O. The zero-order valence-corrected chi connectivity index (χ0v) is 9.53. The summed E-state index contributed by atoms with van der Waals surface area (Å²) in [5.74, 6) is -1.37. The number of primary amides is 2. The van der Waals surface area contributed by atoms with E-state index in [1.54, 1.807) is 23.7 Å². The average Bonchev–Trinajstić information content (AvgIpc) is 2.81. The Morgan fingerprint density at radius 1 is 1.18 bits per heavy atom. The van der Waals surface area contributed by atoms with Crippen molar-refractivity contribution in [3.63, 3.8) is 0 Å². The van der Waals surface area contributed by atoms with E-state index in [1.807, 2.05) is 0 Å². The highest BCUT2D eigenvalue weighted by Crippen LogP contribution is 2.27. The third-order valence-electron chi connectivity index (χ3n) is 2.24. The van der Waals surface area contributed by atoms with Crippen LogP contribution in [-0.2, 0) is 0 Å². The molecule has 2 rings (SSSR count). The normalized spacial score (nSPS) is 10.1. The van der Waals surface area contributed by atoms with E-state index in [0.717, 1.165) is 0 Å². The first-order valence-corrected chi connectivity index (χ1v) is 5.61. The van der Waals surface area contributed by atoms with Gasteiger partial charge in [0.1, 0.15) is 5.01 Å². The van der Waals surface area contributed by atoms with Crippen molar-refractivity contribution < 1.29 is 9.59 Å². The molecular weight excluding hydrogens is 238 g/mol. The number of amides is 2. The summed E-state index contributed by atoms with van der Waals surface area (Å²) in [7, 11) is 0. The van der Waals surface area contributed by atoms with Crippen LogP contribution in [0.5, 0.6) is 0 Å². The molecule has 0 saturated carbocycles. The van der Waals surface area contributed by atoms with Crippen LogP contribution in [0.4, 0.5) is 0 Å². The van der Waals surface area contributed by atoms with Crippen LogP contribution < -0.4 is 11.5 Å². The third-order valence-corrected chi connectivity index (χ3v) is 3.05. The molecule has 0 saturated heterocycles. The van der Waals surface area contributed by atoms with Gasteiger partial charge in [0.2, 0.25) is 11.8 Å². The number of rotatable bonds is 3. The molecule has 1 heterocycles. The second-order valence-corrected chi connectivity index (χ2v) is 4.19. The van der Waals surface area contributed by atoms with Crippen LogP contribution in [0.25, 0.3) is 10.6 Å². The average molecular weight is 247 g/mol. The highest BCUT2D eigenvalue weighted by molar-refractivity contribution is 7.13. The predicted molar refractivity (Wildman–Crippen MR) is 64.6 cm³/mol. The van der Waals surface area contributed by atoms with Gasteiger partial charge in [-0.1, -0.05) is 12.1 Å². The number of benzene rings is 1. The lowest BCUT2D eigenvalue weighted by molar-refractivity contribution is 0.0968. The summed E-state index contributed by atoms with van der Waals surface area (Å²) in [5, 5.41) is 2.40. The fourth-order valence-corrected chi connectivity index (χ4v) is 2.23. The molecule has 0 atom stereocenters. The number of carbonyl (C=O) groups excluding carboxylic acids is 2. The Balaban J connectivity index is 2.72. The van der Waals surface area contributed by atoms with Gasteiger partial charge in [0, 0.05) is 17.1 Å². The van der Waals surface area contributed by atoms with Crippen LogP contribution in [0.3, 0.4) is 0 Å². The summed E-state index contributed by atoms with van der Waals surface area (Å²) >= 11 is 1.36. The summed E-state index contributed by atoms with van der Waals surface area (Å²) in [5.41, 5.74) is 11.3. The third kappa shape index (κ3) is 2.02. The minimum atomic E-state index is -0.690. The topological polar surface area (TPSA) is 99.1 Å². The van der Waals surface area contributed by atoms with Gasteiger partial charge < -0.3 is 11.5 Å². The summed E-state index contributed by atoms with van der Waals surface area (Å²) in [6.45, 7) is 0. The van der Waals surface area contributed by atoms with Crippen molar-refractivity contribution in [2.75, 3.05) is 0 Å². The Morgan fingerprint density at radius 2 is 1.94 bits per heavy atom. The maximum Gasteiger partial charge on any atom is 0.250 e. The molecule has 5 nitrogen and oxygen atoms in total. The van der Waals surface area contributed by atoms with Crippen molar-refractivity contribution in [2.45, 2.75) is 0 Å². The lowest BCUT2D eigenvalue weighted by Gasteiger charge is -2.07. The van der Waals surface area contributed by atoms with E-state index in [1.165, 1.54) is 17.4 Å². The van der Waals surface area contributed by atoms with Gasteiger partial charge in [-0.2, -0.15) is 0 Å². The quantitative estimate of drug-likeness (QED) is 0.846. The number of nitrogens with zero attached hydrogens (tertiary/aromatic N) is 1. The first-order chi connectivity index (χ1) is 8.11. The summed E-state index contributed by atoms with van der Waals surface area (Å²) in [6, 6.07) is 4.80. The Morgan fingerprint density at radius 3 is 2.47 bits per heavy atom. The van der Waals surface area contributed by atoms with Crippen LogP contribution in [-0.4, -0.2) is 16.8 Å². The molecule has 0 radical (unpaired) electrons. The van der Waals surface area contributed by atoms with Gasteiger partial charge in [-0.25, -0.2) is 4.98 Å². The van der Waals surface area contributed by atoms with Gasteiger partial charge >= 0.3 is 0 Å². The zero-order valence-electron chi connectivity index (χ0n) is 8.71. The molecule has 6 heteroatoms. The molecule has 4 N–H and O–H groups in total. The van der Waals surface area contributed by atoms with E-state index in [2.05, 4.69) is 4.98 Å². The van der Waals surface area contributed by atoms with Gasteiger partial charge in [0.05, 0.1) is 11.1 Å². The van der Waals surface area contributed by atoms with Crippen molar-refractivity contribution in [3.05, 3.63) is 40.9 Å². The number of thiazole rings is 1. The lowest BCUT2D eigenvalue weighted by Crippen LogP contribution is -2.21. The zero-order chi connectivity index (χ0) is 12.4. The van der Waals surface area contributed by atoms with Crippen molar-refractivity contribution in [1.29, 1.82) is 0 Å². The Kier molecular flexibility index (Phi) is 2.88. The highest BCUT2D eigenvalue weighted by atomic mass is 32.1. The Bertz CT molecular complexity index is 578. The number of hydrogen-bond donors (Lipinski definition) is 2. The summed E-state index contributed by atoms with van der Waals surface area (Å²) in [6.07, 6.45) is 1.61.